The van der Waals surface area contributed by atoms with Gasteiger partial charge in [0.2, 0.25) is 0 Å². The number of Topliss-reactive ketones (excluding diaryl/α,β-unsaturated/α-hetero) is 1. The van der Waals surface area contributed by atoms with Crippen molar-refractivity contribution in [3.63, 3.8) is 0 Å². The summed E-state index contributed by atoms with van der Waals surface area (Å²) in [5.41, 5.74) is 5.38. The number of nitrogens with zero attached hydrogens (tertiary/aromatic N) is 1. The van der Waals surface area contributed by atoms with E-state index in [1.807, 2.05) is 52.8 Å². The summed E-state index contributed by atoms with van der Waals surface area (Å²) in [6.45, 7) is 14.8. The van der Waals surface area contributed by atoms with Crippen molar-refractivity contribution in [2.75, 3.05) is 0 Å². The molecule has 136 valence electrons. The minimum atomic E-state index is -0.447. The second-order valence-corrected chi connectivity index (χ2v) is 6.67. The topological polar surface area (TPSA) is 61.1 Å². The Morgan fingerprint density at radius 1 is 1.27 bits per heavy atom. The summed E-state index contributed by atoms with van der Waals surface area (Å²) in [5, 5.41) is 19.5. The molecule has 0 spiro atoms. The van der Waals surface area contributed by atoms with E-state index < -0.39 is 5.92 Å². The minimum absolute atomic E-state index is 0.0518. The normalized spacial score (nSPS) is 13.0. The van der Waals surface area contributed by atoms with Crippen molar-refractivity contribution in [2.45, 2.75) is 47.5 Å². The number of carbonyl (C=O) groups is 1. The standard InChI is InChI=1S/C23H27NO2/c1-8-15(4)11-21(17(6)25)23(22(14(2)3)18(7)26)20-10-9-19(13-24)12-16(20)5/h8-12,23,25H,6H2,1-5,7H3/b15-8-,21-11+/t23-/m0/s1. The number of nitriles is 1. The fraction of sp³-hybridized carbons (Fsp3) is 0.304. The van der Waals surface area contributed by atoms with Crippen LogP contribution in [-0.2, 0) is 4.79 Å². The van der Waals surface area contributed by atoms with Crippen molar-refractivity contribution < 1.29 is 9.90 Å². The van der Waals surface area contributed by atoms with Crippen LogP contribution in [0.2, 0.25) is 0 Å². The zero-order chi connectivity index (χ0) is 20.0. The van der Waals surface area contributed by atoms with Crippen LogP contribution < -0.4 is 0 Å². The Hall–Kier alpha value is -2.86. The van der Waals surface area contributed by atoms with E-state index in [9.17, 15) is 9.90 Å². The first-order valence-electron chi connectivity index (χ1n) is 8.55. The van der Waals surface area contributed by atoms with E-state index in [2.05, 4.69) is 12.6 Å². The van der Waals surface area contributed by atoms with Crippen LogP contribution in [0.3, 0.4) is 0 Å². The van der Waals surface area contributed by atoms with Gasteiger partial charge < -0.3 is 5.11 Å². The van der Waals surface area contributed by atoms with Crippen LogP contribution in [0.1, 0.15) is 57.2 Å². The number of hydrogen-bond donors (Lipinski definition) is 1. The summed E-state index contributed by atoms with van der Waals surface area (Å²) < 4.78 is 0. The smallest absolute Gasteiger partial charge is 0.156 e. The van der Waals surface area contributed by atoms with Crippen LogP contribution in [0.5, 0.6) is 0 Å². The van der Waals surface area contributed by atoms with Gasteiger partial charge in [-0.05, 0) is 64.8 Å². The fourth-order valence-electron chi connectivity index (χ4n) is 3.05. The van der Waals surface area contributed by atoms with Gasteiger partial charge in [0.15, 0.2) is 5.78 Å². The molecule has 0 aromatic heterocycles. The Kier molecular flexibility index (Phi) is 7.34. The molecule has 1 aromatic rings. The molecule has 0 aliphatic carbocycles. The lowest BCUT2D eigenvalue weighted by Crippen LogP contribution is -2.16. The molecule has 0 amide bonds. The molecule has 0 fully saturated rings. The summed E-state index contributed by atoms with van der Waals surface area (Å²) in [5.74, 6) is -0.568. The van der Waals surface area contributed by atoms with Gasteiger partial charge in [-0.2, -0.15) is 5.26 Å². The molecule has 0 unspecified atom stereocenters. The first-order chi connectivity index (χ1) is 12.1. The van der Waals surface area contributed by atoms with Crippen LogP contribution in [0, 0.1) is 18.3 Å². The average Bonchev–Trinajstić information content (AvgIpc) is 2.56. The van der Waals surface area contributed by atoms with Crippen LogP contribution in [-0.4, -0.2) is 10.9 Å². The molecular formula is C23H27NO2. The van der Waals surface area contributed by atoms with Crippen molar-refractivity contribution in [1.82, 2.24) is 0 Å². The zero-order valence-electron chi connectivity index (χ0n) is 16.5. The zero-order valence-corrected chi connectivity index (χ0v) is 16.5. The van der Waals surface area contributed by atoms with Gasteiger partial charge in [0.05, 0.1) is 11.6 Å². The lowest BCUT2D eigenvalue weighted by molar-refractivity contribution is -0.113. The number of hydrogen-bond acceptors (Lipinski definition) is 3. The highest BCUT2D eigenvalue weighted by Crippen LogP contribution is 2.39. The number of aliphatic hydroxyl groups is 1. The molecule has 1 N–H and O–H groups in total. The highest BCUT2D eigenvalue weighted by Gasteiger charge is 2.28. The highest BCUT2D eigenvalue weighted by molar-refractivity contribution is 5.96. The quantitative estimate of drug-likeness (QED) is 0.399. The van der Waals surface area contributed by atoms with Gasteiger partial charge in [-0.3, -0.25) is 4.79 Å². The van der Waals surface area contributed by atoms with Gasteiger partial charge in [-0.25, -0.2) is 0 Å². The van der Waals surface area contributed by atoms with Crippen LogP contribution in [0.25, 0.3) is 0 Å². The van der Waals surface area contributed by atoms with Gasteiger partial charge in [0, 0.05) is 17.1 Å². The maximum Gasteiger partial charge on any atom is 0.156 e. The number of ketones is 1. The predicted molar refractivity (Wildman–Crippen MR) is 107 cm³/mol. The third kappa shape index (κ3) is 4.83. The van der Waals surface area contributed by atoms with E-state index in [-0.39, 0.29) is 11.5 Å². The molecule has 1 atom stereocenters. The lowest BCUT2D eigenvalue weighted by atomic mass is 9.78. The summed E-state index contributed by atoms with van der Waals surface area (Å²) in [4.78, 5) is 12.5. The Balaban J connectivity index is 3.88. The molecule has 3 nitrogen and oxygen atoms in total. The fourth-order valence-corrected chi connectivity index (χ4v) is 3.05. The number of aryl methyl sites for hydroxylation is 1. The molecule has 26 heavy (non-hydrogen) atoms. The second-order valence-electron chi connectivity index (χ2n) is 6.67. The maximum atomic E-state index is 12.5. The predicted octanol–water partition coefficient (Wildman–Crippen LogP) is 5.84. The first kappa shape index (κ1) is 21.2. The van der Waals surface area contributed by atoms with Gasteiger partial charge in [-0.15, -0.1) is 0 Å². The third-order valence-electron chi connectivity index (χ3n) is 4.40. The molecule has 0 saturated heterocycles. The Morgan fingerprint density at radius 2 is 1.88 bits per heavy atom. The van der Waals surface area contributed by atoms with Crippen molar-refractivity contribution in [3.8, 4) is 6.07 Å². The monoisotopic (exact) mass is 349 g/mol. The number of rotatable bonds is 6. The summed E-state index contributed by atoms with van der Waals surface area (Å²) in [6, 6.07) is 7.52. The van der Waals surface area contributed by atoms with Crippen molar-refractivity contribution in [2.24, 2.45) is 0 Å². The largest absolute Gasteiger partial charge is 0.508 e. The summed E-state index contributed by atoms with van der Waals surface area (Å²) >= 11 is 0. The molecule has 0 aliphatic rings. The van der Waals surface area contributed by atoms with E-state index in [1.165, 1.54) is 6.92 Å². The summed E-state index contributed by atoms with van der Waals surface area (Å²) in [6.07, 6.45) is 3.79. The third-order valence-corrected chi connectivity index (χ3v) is 4.40. The highest BCUT2D eigenvalue weighted by atomic mass is 16.3. The van der Waals surface area contributed by atoms with Gasteiger partial charge in [-0.1, -0.05) is 35.9 Å². The molecule has 3 heteroatoms. The minimum Gasteiger partial charge on any atom is -0.508 e. The van der Waals surface area contributed by atoms with E-state index in [0.717, 1.165) is 22.3 Å². The molecule has 1 rings (SSSR count). The molecule has 0 radical (unpaired) electrons. The van der Waals surface area contributed by atoms with Gasteiger partial charge in [0.25, 0.3) is 0 Å². The summed E-state index contributed by atoms with van der Waals surface area (Å²) in [7, 11) is 0. The van der Waals surface area contributed by atoms with Crippen molar-refractivity contribution in [3.05, 3.63) is 81.7 Å². The molecule has 1 aromatic carbocycles. The Morgan fingerprint density at radius 3 is 2.27 bits per heavy atom. The van der Waals surface area contributed by atoms with Crippen LogP contribution in [0.4, 0.5) is 0 Å². The van der Waals surface area contributed by atoms with Gasteiger partial charge in [0.1, 0.15) is 5.76 Å². The van der Waals surface area contributed by atoms with Crippen LogP contribution in [0.15, 0.2) is 65.0 Å². The average molecular weight is 349 g/mol. The SMILES string of the molecule is C=C(O)/C(=C\C(C)=C/C)[C@@H](C(C(C)=O)=C(C)C)c1ccc(C#N)cc1C. The maximum absolute atomic E-state index is 12.5. The molecule has 0 heterocycles. The second kappa shape index (κ2) is 9.01. The number of benzene rings is 1. The van der Waals surface area contributed by atoms with E-state index in [4.69, 9.17) is 5.26 Å². The molecular weight excluding hydrogens is 322 g/mol. The number of carbonyl (C=O) groups excluding carboxylic acids is 1. The Bertz CT molecular complexity index is 857. The van der Waals surface area contributed by atoms with Crippen molar-refractivity contribution >= 4 is 5.78 Å². The molecule has 0 bridgehead atoms. The lowest BCUT2D eigenvalue weighted by Gasteiger charge is -2.25. The van der Waals surface area contributed by atoms with E-state index >= 15 is 0 Å². The van der Waals surface area contributed by atoms with Crippen molar-refractivity contribution in [1.29, 1.82) is 5.26 Å². The number of allylic oxidation sites excluding steroid dienone is 6. The van der Waals surface area contributed by atoms with E-state index in [0.29, 0.717) is 16.7 Å². The first-order valence-corrected chi connectivity index (χ1v) is 8.55. The molecule has 0 saturated carbocycles. The van der Waals surface area contributed by atoms with E-state index in [1.54, 1.807) is 12.1 Å². The number of aliphatic hydroxyl groups excluding tert-OH is 1. The Labute approximate surface area is 156 Å². The van der Waals surface area contributed by atoms with Gasteiger partial charge >= 0.3 is 0 Å². The molecule has 0 aliphatic heterocycles. The van der Waals surface area contributed by atoms with Crippen LogP contribution >= 0.6 is 0 Å².